The van der Waals surface area contributed by atoms with Crippen LogP contribution in [0.1, 0.15) is 200 Å². The summed E-state index contributed by atoms with van der Waals surface area (Å²) < 4.78 is 26.8. The van der Waals surface area contributed by atoms with Crippen LogP contribution in [0.2, 0.25) is 0 Å². The van der Waals surface area contributed by atoms with E-state index in [-0.39, 0.29) is 12.8 Å². The molecule has 12 heteroatoms. The lowest BCUT2D eigenvalue weighted by Crippen LogP contribution is -2.43. The molecule has 0 saturated heterocycles. The summed E-state index contributed by atoms with van der Waals surface area (Å²) in [4.78, 5) is 45.9. The SMILES string of the molecule is CCCCCC/C=C\C/C=C\CCCCCCCC(=O)OCC(O)COP(=O)(O)OCC(NC(=O)CCCCCCCCC/C=C\CCCCCCCC)C(=O)O. The maximum atomic E-state index is 12.3. The van der Waals surface area contributed by atoms with Crippen LogP contribution in [0, 0.1) is 0 Å². The van der Waals surface area contributed by atoms with Crippen molar-refractivity contribution in [2.24, 2.45) is 0 Å². The summed E-state index contributed by atoms with van der Waals surface area (Å²) in [6.45, 7) is 2.56. The summed E-state index contributed by atoms with van der Waals surface area (Å²) in [6, 6.07) is -1.55. The Bertz CT molecular complexity index is 1110. The first-order valence-electron chi connectivity index (χ1n) is 22.5. The van der Waals surface area contributed by atoms with Crippen LogP contribution in [-0.2, 0) is 32.7 Å². The van der Waals surface area contributed by atoms with Crippen molar-refractivity contribution >= 4 is 25.7 Å². The summed E-state index contributed by atoms with van der Waals surface area (Å²) in [5.74, 6) is -2.39. The van der Waals surface area contributed by atoms with Gasteiger partial charge in [0.25, 0.3) is 0 Å². The molecule has 0 aliphatic carbocycles. The zero-order chi connectivity index (χ0) is 42.1. The molecule has 0 aliphatic heterocycles. The molecule has 4 N–H and O–H groups in total. The Morgan fingerprint density at radius 2 is 0.965 bits per heavy atom. The van der Waals surface area contributed by atoms with E-state index in [1.54, 1.807) is 0 Å². The molecule has 0 heterocycles. The third-order valence-electron chi connectivity index (χ3n) is 9.65. The van der Waals surface area contributed by atoms with Crippen LogP contribution in [0.15, 0.2) is 36.5 Å². The summed E-state index contributed by atoms with van der Waals surface area (Å²) in [7, 11) is -4.76. The number of aliphatic hydroxyl groups is 1. The normalized spacial score (nSPS) is 14.0. The molecule has 0 aromatic carbocycles. The van der Waals surface area contributed by atoms with Crippen molar-refractivity contribution in [1.82, 2.24) is 5.32 Å². The van der Waals surface area contributed by atoms with Crippen LogP contribution in [0.3, 0.4) is 0 Å². The predicted octanol–water partition coefficient (Wildman–Crippen LogP) is 11.6. The molecule has 0 fully saturated rings. The summed E-state index contributed by atoms with van der Waals surface area (Å²) in [6.07, 6.45) is 43.0. The number of carbonyl (C=O) groups is 3. The van der Waals surface area contributed by atoms with E-state index in [0.717, 1.165) is 70.6 Å². The van der Waals surface area contributed by atoms with Crippen molar-refractivity contribution in [2.45, 2.75) is 212 Å². The van der Waals surface area contributed by atoms with Gasteiger partial charge in [-0.05, 0) is 70.6 Å². The molecule has 0 rings (SSSR count). The van der Waals surface area contributed by atoms with Crippen molar-refractivity contribution < 1.29 is 47.8 Å². The number of ether oxygens (including phenoxy) is 1. The van der Waals surface area contributed by atoms with Gasteiger partial charge in [0, 0.05) is 12.8 Å². The summed E-state index contributed by atoms with van der Waals surface area (Å²) in [5, 5.41) is 21.8. The second-order valence-corrected chi connectivity index (χ2v) is 16.7. The van der Waals surface area contributed by atoms with Crippen LogP contribution in [-0.4, -0.2) is 64.9 Å². The number of aliphatic carboxylic acids is 1. The molecular formula is C45H82NO10P. The van der Waals surface area contributed by atoms with E-state index in [2.05, 4.69) is 55.6 Å². The third kappa shape index (κ3) is 40.3. The van der Waals surface area contributed by atoms with Gasteiger partial charge in [0.05, 0.1) is 13.2 Å². The molecule has 0 saturated carbocycles. The summed E-state index contributed by atoms with van der Waals surface area (Å²) in [5.41, 5.74) is 0. The fourth-order valence-corrected chi connectivity index (χ4v) is 6.88. The fourth-order valence-electron chi connectivity index (χ4n) is 6.10. The van der Waals surface area contributed by atoms with Crippen LogP contribution < -0.4 is 5.32 Å². The molecular weight excluding hydrogens is 745 g/mol. The third-order valence-corrected chi connectivity index (χ3v) is 10.6. The van der Waals surface area contributed by atoms with E-state index in [0.29, 0.717) is 12.8 Å². The number of nitrogens with one attached hydrogen (secondary N) is 1. The number of aliphatic hydroxyl groups excluding tert-OH is 1. The van der Waals surface area contributed by atoms with Gasteiger partial charge in [-0.3, -0.25) is 18.6 Å². The highest BCUT2D eigenvalue weighted by atomic mass is 31.2. The molecule has 0 aliphatic rings. The number of rotatable bonds is 42. The largest absolute Gasteiger partial charge is 0.480 e. The highest BCUT2D eigenvalue weighted by Gasteiger charge is 2.28. The minimum Gasteiger partial charge on any atom is -0.480 e. The number of carboxylic acid groups (broad SMARTS) is 1. The van der Waals surface area contributed by atoms with Crippen molar-refractivity contribution in [2.75, 3.05) is 19.8 Å². The van der Waals surface area contributed by atoms with Crippen LogP contribution in [0.25, 0.3) is 0 Å². The molecule has 0 radical (unpaired) electrons. The minimum absolute atomic E-state index is 0.140. The first-order chi connectivity index (χ1) is 27.6. The van der Waals surface area contributed by atoms with Gasteiger partial charge in [-0.15, -0.1) is 0 Å². The van der Waals surface area contributed by atoms with Crippen molar-refractivity contribution in [1.29, 1.82) is 0 Å². The highest BCUT2D eigenvalue weighted by molar-refractivity contribution is 7.47. The van der Waals surface area contributed by atoms with E-state index < -0.39 is 57.6 Å². The molecule has 3 unspecified atom stereocenters. The molecule has 0 bridgehead atoms. The van der Waals surface area contributed by atoms with Crippen LogP contribution >= 0.6 is 7.82 Å². The zero-order valence-electron chi connectivity index (χ0n) is 35.9. The molecule has 57 heavy (non-hydrogen) atoms. The predicted molar refractivity (Wildman–Crippen MR) is 231 cm³/mol. The lowest BCUT2D eigenvalue weighted by molar-refractivity contribution is -0.147. The Morgan fingerprint density at radius 1 is 0.561 bits per heavy atom. The standard InChI is InChI=1S/C45H82NO10P/c1-3-5-7-9-11-13-15-17-19-21-22-24-26-28-30-32-34-36-43(48)46-42(45(50)51)40-56-57(52,53)55-39-41(47)38-54-44(49)37-35-33-31-29-27-25-23-20-18-16-14-12-10-8-6-4-2/h14,16-17,19-20,23,41-42,47H,3-13,15,18,21-22,24-40H2,1-2H3,(H,46,48)(H,50,51)(H,52,53)/b16-14-,19-17-,23-20-. The van der Waals surface area contributed by atoms with Gasteiger partial charge in [0.15, 0.2) is 6.04 Å². The van der Waals surface area contributed by atoms with Crippen LogP contribution in [0.4, 0.5) is 0 Å². The number of esters is 1. The molecule has 0 aromatic heterocycles. The van der Waals surface area contributed by atoms with Crippen molar-refractivity contribution in [3.63, 3.8) is 0 Å². The first-order valence-corrected chi connectivity index (χ1v) is 24.0. The van der Waals surface area contributed by atoms with E-state index >= 15 is 0 Å². The summed E-state index contributed by atoms with van der Waals surface area (Å²) >= 11 is 0. The van der Waals surface area contributed by atoms with Gasteiger partial charge in [0.2, 0.25) is 5.91 Å². The number of phosphoric acid groups is 1. The number of hydrogen-bond donors (Lipinski definition) is 4. The van der Waals surface area contributed by atoms with E-state index in [1.807, 2.05) is 0 Å². The number of amides is 1. The van der Waals surface area contributed by atoms with Gasteiger partial charge >= 0.3 is 19.8 Å². The fraction of sp³-hybridized carbons (Fsp3) is 0.800. The number of phosphoric ester groups is 1. The Labute approximate surface area is 346 Å². The van der Waals surface area contributed by atoms with E-state index in [4.69, 9.17) is 13.8 Å². The topological polar surface area (TPSA) is 169 Å². The second kappa shape index (κ2) is 40.5. The number of allylic oxidation sites excluding steroid dienone is 6. The average molecular weight is 828 g/mol. The van der Waals surface area contributed by atoms with E-state index in [9.17, 15) is 34.1 Å². The van der Waals surface area contributed by atoms with Gasteiger partial charge < -0.3 is 25.2 Å². The van der Waals surface area contributed by atoms with Gasteiger partial charge in [-0.25, -0.2) is 9.36 Å². The number of carbonyl (C=O) groups excluding carboxylic acids is 2. The minimum atomic E-state index is -4.76. The van der Waals surface area contributed by atoms with Gasteiger partial charge in [-0.2, -0.15) is 0 Å². The maximum Gasteiger partial charge on any atom is 0.472 e. The Hall–Kier alpha value is -2.30. The maximum absolute atomic E-state index is 12.3. The van der Waals surface area contributed by atoms with E-state index in [1.165, 1.54) is 89.9 Å². The Balaban J connectivity index is 3.92. The zero-order valence-corrected chi connectivity index (χ0v) is 36.8. The van der Waals surface area contributed by atoms with Crippen molar-refractivity contribution in [3.05, 3.63) is 36.5 Å². The molecule has 3 atom stereocenters. The van der Waals surface area contributed by atoms with Crippen molar-refractivity contribution in [3.8, 4) is 0 Å². The molecule has 0 spiro atoms. The quantitative estimate of drug-likeness (QED) is 0.0201. The molecule has 0 aromatic rings. The Kier molecular flexibility index (Phi) is 38.8. The lowest BCUT2D eigenvalue weighted by atomic mass is 10.1. The second-order valence-electron chi connectivity index (χ2n) is 15.2. The molecule has 11 nitrogen and oxygen atoms in total. The first kappa shape index (κ1) is 54.7. The van der Waals surface area contributed by atoms with Gasteiger partial charge in [-0.1, -0.05) is 153 Å². The number of carboxylic acids is 1. The highest BCUT2D eigenvalue weighted by Crippen LogP contribution is 2.43. The Morgan fingerprint density at radius 3 is 1.46 bits per heavy atom. The smallest absolute Gasteiger partial charge is 0.472 e. The van der Waals surface area contributed by atoms with Gasteiger partial charge in [0.1, 0.15) is 12.7 Å². The average Bonchev–Trinajstić information content (AvgIpc) is 3.18. The molecule has 1 amide bonds. The molecule has 332 valence electrons. The van der Waals surface area contributed by atoms with Crippen LogP contribution in [0.5, 0.6) is 0 Å². The lowest BCUT2D eigenvalue weighted by Gasteiger charge is -2.18. The number of hydrogen-bond acceptors (Lipinski definition) is 8. The monoisotopic (exact) mass is 828 g/mol. The number of unbranched alkanes of at least 4 members (excludes halogenated alkanes) is 22.